The third-order valence-electron chi connectivity index (χ3n) is 2.94. The molecule has 0 aliphatic heterocycles. The molecule has 16 heavy (non-hydrogen) atoms. The van der Waals surface area contributed by atoms with Gasteiger partial charge in [-0.15, -0.1) is 0 Å². The zero-order valence-electron chi connectivity index (χ0n) is 10.1. The van der Waals surface area contributed by atoms with Gasteiger partial charge in [-0.25, -0.2) is 4.39 Å². The van der Waals surface area contributed by atoms with Crippen molar-refractivity contribution >= 4 is 0 Å². The van der Waals surface area contributed by atoms with Crippen molar-refractivity contribution in [1.82, 2.24) is 0 Å². The van der Waals surface area contributed by atoms with Gasteiger partial charge < -0.3 is 9.84 Å². The zero-order chi connectivity index (χ0) is 12.2. The molecule has 2 nitrogen and oxygen atoms in total. The van der Waals surface area contributed by atoms with Gasteiger partial charge in [-0.1, -0.05) is 26.3 Å². The summed E-state index contributed by atoms with van der Waals surface area (Å²) in [6, 6.07) is 4.64. The second-order valence-electron chi connectivity index (χ2n) is 3.98. The average Bonchev–Trinajstić information content (AvgIpc) is 2.29. The minimum atomic E-state index is -0.929. The smallest absolute Gasteiger partial charge is 0.165 e. The quantitative estimate of drug-likeness (QED) is 0.835. The number of benzene rings is 1. The number of halogens is 1. The number of hydrogen-bond donors (Lipinski definition) is 1. The summed E-state index contributed by atoms with van der Waals surface area (Å²) in [6.07, 6.45) is 2.07. The van der Waals surface area contributed by atoms with Crippen LogP contribution in [0.4, 0.5) is 4.39 Å². The first-order chi connectivity index (χ1) is 7.57. The number of rotatable bonds is 5. The Morgan fingerprint density at radius 2 is 2.06 bits per heavy atom. The molecule has 0 heterocycles. The molecular formula is C13H19FO2. The Morgan fingerprint density at radius 3 is 2.50 bits per heavy atom. The van der Waals surface area contributed by atoms with E-state index in [0.717, 1.165) is 6.42 Å². The lowest BCUT2D eigenvalue weighted by molar-refractivity contribution is 0.0222. The lowest BCUT2D eigenvalue weighted by Gasteiger charge is -2.27. The average molecular weight is 226 g/mol. The molecule has 1 aromatic carbocycles. The molecule has 1 N–H and O–H groups in total. The van der Waals surface area contributed by atoms with E-state index in [-0.39, 0.29) is 5.75 Å². The maximum atomic E-state index is 13.5. The standard InChI is InChI=1S/C13H19FO2/c1-4-8-13(15,5-2)10-6-7-12(16-3)11(14)9-10/h6-7,9,15H,4-5,8H2,1-3H3. The van der Waals surface area contributed by atoms with Gasteiger partial charge in [0.15, 0.2) is 11.6 Å². The van der Waals surface area contributed by atoms with Gasteiger partial charge in [0, 0.05) is 0 Å². The van der Waals surface area contributed by atoms with Gasteiger partial charge in [0.2, 0.25) is 0 Å². The van der Waals surface area contributed by atoms with Crippen LogP contribution < -0.4 is 4.74 Å². The van der Waals surface area contributed by atoms with Gasteiger partial charge in [-0.3, -0.25) is 0 Å². The second-order valence-corrected chi connectivity index (χ2v) is 3.98. The Bertz CT molecular complexity index is 352. The summed E-state index contributed by atoms with van der Waals surface area (Å²) in [5, 5.41) is 10.4. The monoisotopic (exact) mass is 226 g/mol. The van der Waals surface area contributed by atoms with Crippen LogP contribution in [0, 0.1) is 5.82 Å². The minimum absolute atomic E-state index is 0.207. The van der Waals surface area contributed by atoms with Gasteiger partial charge >= 0.3 is 0 Å². The molecule has 0 aliphatic rings. The Balaban J connectivity index is 3.07. The highest BCUT2D eigenvalue weighted by Gasteiger charge is 2.26. The number of aliphatic hydroxyl groups is 1. The largest absolute Gasteiger partial charge is 0.494 e. The summed E-state index contributed by atoms with van der Waals surface area (Å²) in [5.41, 5.74) is -0.308. The number of methoxy groups -OCH3 is 1. The summed E-state index contributed by atoms with van der Waals surface area (Å²) in [4.78, 5) is 0. The van der Waals surface area contributed by atoms with Crippen molar-refractivity contribution in [2.75, 3.05) is 7.11 Å². The topological polar surface area (TPSA) is 29.5 Å². The highest BCUT2D eigenvalue weighted by atomic mass is 19.1. The normalized spacial score (nSPS) is 14.6. The fourth-order valence-corrected chi connectivity index (χ4v) is 1.89. The van der Waals surface area contributed by atoms with Crippen molar-refractivity contribution in [3.05, 3.63) is 29.6 Å². The molecule has 0 aromatic heterocycles. The lowest BCUT2D eigenvalue weighted by atomic mass is 9.87. The van der Waals surface area contributed by atoms with Crippen LogP contribution in [0.5, 0.6) is 5.75 Å². The van der Waals surface area contributed by atoms with Crippen LogP contribution >= 0.6 is 0 Å². The zero-order valence-corrected chi connectivity index (χ0v) is 10.1. The van der Waals surface area contributed by atoms with E-state index in [2.05, 4.69) is 0 Å². The molecule has 0 spiro atoms. The highest BCUT2D eigenvalue weighted by molar-refractivity contribution is 5.32. The van der Waals surface area contributed by atoms with E-state index in [1.165, 1.54) is 13.2 Å². The van der Waals surface area contributed by atoms with E-state index >= 15 is 0 Å². The summed E-state index contributed by atoms with van der Waals surface area (Å²) in [6.45, 7) is 3.90. The molecule has 1 atom stereocenters. The highest BCUT2D eigenvalue weighted by Crippen LogP contribution is 2.32. The number of hydrogen-bond acceptors (Lipinski definition) is 2. The molecule has 0 amide bonds. The fraction of sp³-hybridized carbons (Fsp3) is 0.538. The van der Waals surface area contributed by atoms with E-state index in [4.69, 9.17) is 4.74 Å². The van der Waals surface area contributed by atoms with Crippen LogP contribution in [-0.2, 0) is 5.60 Å². The second kappa shape index (κ2) is 5.30. The van der Waals surface area contributed by atoms with Crippen molar-refractivity contribution in [2.45, 2.75) is 38.7 Å². The van der Waals surface area contributed by atoms with E-state index in [0.29, 0.717) is 18.4 Å². The first-order valence-electron chi connectivity index (χ1n) is 5.63. The third-order valence-corrected chi connectivity index (χ3v) is 2.94. The Morgan fingerprint density at radius 1 is 1.38 bits per heavy atom. The molecule has 3 heteroatoms. The Hall–Kier alpha value is -1.09. The molecule has 0 radical (unpaired) electrons. The minimum Gasteiger partial charge on any atom is -0.494 e. The summed E-state index contributed by atoms with van der Waals surface area (Å²) in [5.74, 6) is -0.221. The summed E-state index contributed by atoms with van der Waals surface area (Å²) in [7, 11) is 1.43. The predicted octanol–water partition coefficient (Wildman–Crippen LogP) is 3.23. The maximum Gasteiger partial charge on any atom is 0.165 e. The molecule has 1 aromatic rings. The molecule has 90 valence electrons. The molecular weight excluding hydrogens is 207 g/mol. The molecule has 1 rings (SSSR count). The van der Waals surface area contributed by atoms with Crippen molar-refractivity contribution in [2.24, 2.45) is 0 Å². The maximum absolute atomic E-state index is 13.5. The Kier molecular flexibility index (Phi) is 4.30. The first kappa shape index (κ1) is 13.0. The van der Waals surface area contributed by atoms with Crippen LogP contribution in [0.3, 0.4) is 0 Å². The van der Waals surface area contributed by atoms with Crippen LogP contribution in [0.2, 0.25) is 0 Å². The van der Waals surface area contributed by atoms with Gasteiger partial charge in [0.1, 0.15) is 0 Å². The number of ether oxygens (including phenoxy) is 1. The van der Waals surface area contributed by atoms with Crippen LogP contribution in [0.1, 0.15) is 38.7 Å². The molecule has 0 saturated heterocycles. The van der Waals surface area contributed by atoms with Crippen LogP contribution in [0.15, 0.2) is 18.2 Å². The third kappa shape index (κ3) is 2.53. The van der Waals surface area contributed by atoms with Crippen molar-refractivity contribution in [3.8, 4) is 5.75 Å². The first-order valence-corrected chi connectivity index (χ1v) is 5.63. The molecule has 0 saturated carbocycles. The van der Waals surface area contributed by atoms with Crippen molar-refractivity contribution in [3.63, 3.8) is 0 Å². The predicted molar refractivity (Wildman–Crippen MR) is 62.0 cm³/mol. The van der Waals surface area contributed by atoms with E-state index in [9.17, 15) is 9.50 Å². The van der Waals surface area contributed by atoms with E-state index in [1.54, 1.807) is 12.1 Å². The Labute approximate surface area is 96.1 Å². The van der Waals surface area contributed by atoms with Crippen LogP contribution in [-0.4, -0.2) is 12.2 Å². The van der Waals surface area contributed by atoms with Gasteiger partial charge in [0.05, 0.1) is 12.7 Å². The van der Waals surface area contributed by atoms with Gasteiger partial charge in [-0.2, -0.15) is 0 Å². The van der Waals surface area contributed by atoms with Crippen LogP contribution in [0.25, 0.3) is 0 Å². The molecule has 0 aliphatic carbocycles. The van der Waals surface area contributed by atoms with E-state index in [1.807, 2.05) is 13.8 Å². The van der Waals surface area contributed by atoms with Gasteiger partial charge in [-0.05, 0) is 30.5 Å². The van der Waals surface area contributed by atoms with Gasteiger partial charge in [0.25, 0.3) is 0 Å². The summed E-state index contributed by atoms with van der Waals surface area (Å²) >= 11 is 0. The molecule has 0 bridgehead atoms. The SMILES string of the molecule is CCCC(O)(CC)c1ccc(OC)c(F)c1. The van der Waals surface area contributed by atoms with Crippen molar-refractivity contribution < 1.29 is 14.2 Å². The van der Waals surface area contributed by atoms with E-state index < -0.39 is 11.4 Å². The fourth-order valence-electron chi connectivity index (χ4n) is 1.89. The van der Waals surface area contributed by atoms with Crippen molar-refractivity contribution in [1.29, 1.82) is 0 Å². The lowest BCUT2D eigenvalue weighted by Crippen LogP contribution is -2.24. The molecule has 0 fully saturated rings. The molecule has 1 unspecified atom stereocenters. The summed E-state index contributed by atoms with van der Waals surface area (Å²) < 4.78 is 18.4.